The fraction of sp³-hybridized carbons (Fsp3) is 0.294. The second-order valence-corrected chi connectivity index (χ2v) is 7.18. The van der Waals surface area contributed by atoms with E-state index in [0.29, 0.717) is 12.0 Å². The zero-order valence-corrected chi connectivity index (χ0v) is 14.4. The van der Waals surface area contributed by atoms with Gasteiger partial charge in [-0.05, 0) is 35.7 Å². The molecule has 0 saturated carbocycles. The van der Waals surface area contributed by atoms with Crippen molar-refractivity contribution in [1.29, 1.82) is 0 Å². The number of hydrogen-bond acceptors (Lipinski definition) is 3. The average Bonchev–Trinajstić information content (AvgIpc) is 2.54. The third-order valence-electron chi connectivity index (χ3n) is 3.86. The van der Waals surface area contributed by atoms with Crippen LogP contribution in [0.15, 0.2) is 53.4 Å². The summed E-state index contributed by atoms with van der Waals surface area (Å²) in [5.74, 6) is 0. The van der Waals surface area contributed by atoms with Gasteiger partial charge in [-0.25, -0.2) is 13.6 Å². The molecule has 136 valence electrons. The van der Waals surface area contributed by atoms with E-state index in [1.54, 1.807) is 18.2 Å². The van der Waals surface area contributed by atoms with Crippen LogP contribution in [-0.2, 0) is 22.7 Å². The lowest BCUT2D eigenvalue weighted by Crippen LogP contribution is -2.23. The highest BCUT2D eigenvalue weighted by Gasteiger charge is 2.32. The van der Waals surface area contributed by atoms with Gasteiger partial charge in [0.05, 0.1) is 10.5 Å². The smallest absolute Gasteiger partial charge is 0.306 e. The molecule has 0 bridgehead atoms. The fourth-order valence-corrected chi connectivity index (χ4v) is 3.16. The van der Waals surface area contributed by atoms with Crippen molar-refractivity contribution in [3.8, 4) is 0 Å². The normalized spacial score (nSPS) is 13.6. The third kappa shape index (κ3) is 5.04. The fourth-order valence-electron chi connectivity index (χ4n) is 2.59. The number of hydrogen-bond donors (Lipinski definition) is 2. The largest absolute Gasteiger partial charge is 0.416 e. The molecule has 0 amide bonds. The number of rotatable bonds is 6. The van der Waals surface area contributed by atoms with Crippen LogP contribution in [0.25, 0.3) is 0 Å². The molecule has 0 aliphatic carbocycles. The molecule has 2 aromatic carbocycles. The first-order valence-electron chi connectivity index (χ1n) is 7.64. The number of nitrogens with one attached hydrogen (secondary N) is 1. The van der Waals surface area contributed by atoms with E-state index in [4.69, 9.17) is 5.14 Å². The van der Waals surface area contributed by atoms with Crippen LogP contribution in [0.2, 0.25) is 0 Å². The van der Waals surface area contributed by atoms with Crippen molar-refractivity contribution in [2.75, 3.05) is 0 Å². The summed E-state index contributed by atoms with van der Waals surface area (Å²) in [6.45, 7) is 1.87. The van der Waals surface area contributed by atoms with Gasteiger partial charge in [0.1, 0.15) is 0 Å². The van der Waals surface area contributed by atoms with Gasteiger partial charge in [-0.2, -0.15) is 13.2 Å². The Labute approximate surface area is 144 Å². The molecule has 3 N–H and O–H groups in total. The quantitative estimate of drug-likeness (QED) is 0.814. The molecular formula is C17H19F3N2O2S. The molecule has 0 aliphatic rings. The lowest BCUT2D eigenvalue weighted by molar-refractivity contribution is -0.138. The first kappa shape index (κ1) is 19.4. The number of alkyl halides is 3. The molecule has 0 saturated heterocycles. The van der Waals surface area contributed by atoms with E-state index in [0.717, 1.165) is 6.07 Å². The maximum atomic E-state index is 13.1. The van der Waals surface area contributed by atoms with Crippen LogP contribution in [0, 0.1) is 0 Å². The minimum atomic E-state index is -4.42. The summed E-state index contributed by atoms with van der Waals surface area (Å²) in [5.41, 5.74) is 0.102. The van der Waals surface area contributed by atoms with E-state index >= 15 is 0 Å². The highest BCUT2D eigenvalue weighted by atomic mass is 32.2. The van der Waals surface area contributed by atoms with Crippen LogP contribution in [0.3, 0.4) is 0 Å². The number of primary sulfonamides is 1. The number of halogens is 3. The van der Waals surface area contributed by atoms with E-state index in [1.807, 2.05) is 6.92 Å². The summed E-state index contributed by atoms with van der Waals surface area (Å²) in [4.78, 5) is -0.0269. The molecule has 0 radical (unpaired) electrons. The van der Waals surface area contributed by atoms with Crippen molar-refractivity contribution in [3.63, 3.8) is 0 Å². The van der Waals surface area contributed by atoms with Gasteiger partial charge in [-0.3, -0.25) is 0 Å². The summed E-state index contributed by atoms with van der Waals surface area (Å²) in [6.07, 6.45) is -3.85. The Hall–Kier alpha value is -1.90. The molecule has 25 heavy (non-hydrogen) atoms. The lowest BCUT2D eigenvalue weighted by Gasteiger charge is -2.20. The Morgan fingerprint density at radius 3 is 2.40 bits per heavy atom. The van der Waals surface area contributed by atoms with Gasteiger partial charge in [-0.1, -0.05) is 37.3 Å². The summed E-state index contributed by atoms with van der Waals surface area (Å²) in [7, 11) is -3.84. The van der Waals surface area contributed by atoms with E-state index in [2.05, 4.69) is 5.32 Å². The highest BCUT2D eigenvalue weighted by molar-refractivity contribution is 7.89. The molecule has 4 nitrogen and oxygen atoms in total. The van der Waals surface area contributed by atoms with E-state index in [-0.39, 0.29) is 23.0 Å². The van der Waals surface area contributed by atoms with Crippen LogP contribution >= 0.6 is 0 Å². The Morgan fingerprint density at radius 2 is 1.80 bits per heavy atom. The first-order chi connectivity index (χ1) is 11.6. The van der Waals surface area contributed by atoms with Crippen molar-refractivity contribution in [1.82, 2.24) is 5.32 Å². The molecule has 1 atom stereocenters. The molecule has 0 spiro atoms. The van der Waals surface area contributed by atoms with Crippen molar-refractivity contribution in [2.24, 2.45) is 5.14 Å². The van der Waals surface area contributed by atoms with Gasteiger partial charge in [0.25, 0.3) is 0 Å². The van der Waals surface area contributed by atoms with Crippen LogP contribution in [-0.4, -0.2) is 8.42 Å². The maximum Gasteiger partial charge on any atom is 0.416 e. The second kappa shape index (κ2) is 7.55. The number of benzene rings is 2. The Morgan fingerprint density at radius 1 is 1.12 bits per heavy atom. The molecule has 2 aromatic rings. The van der Waals surface area contributed by atoms with Crippen LogP contribution in [0.5, 0.6) is 0 Å². The minimum Gasteiger partial charge on any atom is -0.306 e. The number of nitrogens with two attached hydrogens (primary N) is 1. The van der Waals surface area contributed by atoms with Gasteiger partial charge in [0.15, 0.2) is 0 Å². The Bertz CT molecular complexity index is 836. The standard InChI is InChI=1S/C17H19F3N2O2S/c1-2-16(12-7-5-8-14(10-12)25(21,23)24)22-11-13-6-3-4-9-15(13)17(18,19)20/h3-10,16,22H,2,11H2,1H3,(H2,21,23,24)/t16-/m0/s1. The average molecular weight is 372 g/mol. The maximum absolute atomic E-state index is 13.1. The highest BCUT2D eigenvalue weighted by Crippen LogP contribution is 2.32. The zero-order chi connectivity index (χ0) is 18.7. The predicted octanol–water partition coefficient (Wildman–Crippen LogP) is 3.59. The van der Waals surface area contributed by atoms with Gasteiger partial charge >= 0.3 is 6.18 Å². The number of sulfonamides is 1. The lowest BCUT2D eigenvalue weighted by atomic mass is 10.0. The van der Waals surface area contributed by atoms with Gasteiger partial charge < -0.3 is 5.32 Å². The van der Waals surface area contributed by atoms with Gasteiger partial charge in [0.2, 0.25) is 10.0 Å². The van der Waals surface area contributed by atoms with Crippen LogP contribution < -0.4 is 10.5 Å². The molecule has 2 rings (SSSR count). The summed E-state index contributed by atoms with van der Waals surface area (Å²) in [5, 5.41) is 8.18. The van der Waals surface area contributed by atoms with E-state index in [9.17, 15) is 21.6 Å². The second-order valence-electron chi connectivity index (χ2n) is 5.61. The topological polar surface area (TPSA) is 72.2 Å². The third-order valence-corrected chi connectivity index (χ3v) is 4.77. The van der Waals surface area contributed by atoms with Crippen molar-refractivity contribution in [3.05, 3.63) is 65.2 Å². The van der Waals surface area contributed by atoms with Gasteiger partial charge in [-0.15, -0.1) is 0 Å². The minimum absolute atomic E-state index is 0.00773. The van der Waals surface area contributed by atoms with Crippen molar-refractivity contribution < 1.29 is 21.6 Å². The zero-order valence-electron chi connectivity index (χ0n) is 13.5. The van der Waals surface area contributed by atoms with Crippen molar-refractivity contribution in [2.45, 2.75) is 37.0 Å². The molecule has 0 unspecified atom stereocenters. The molecule has 8 heteroatoms. The summed E-state index contributed by atoms with van der Waals surface area (Å²) in [6, 6.07) is 11.1. The van der Waals surface area contributed by atoms with E-state index in [1.165, 1.54) is 24.3 Å². The van der Waals surface area contributed by atoms with Crippen molar-refractivity contribution >= 4 is 10.0 Å². The molecule has 0 aliphatic heterocycles. The molecule has 0 heterocycles. The molecule has 0 aromatic heterocycles. The van der Waals surface area contributed by atoms with Crippen LogP contribution in [0.4, 0.5) is 13.2 Å². The predicted molar refractivity (Wildman–Crippen MR) is 89.1 cm³/mol. The summed E-state index contributed by atoms with van der Waals surface area (Å²) >= 11 is 0. The Kier molecular flexibility index (Phi) is 5.87. The van der Waals surface area contributed by atoms with E-state index < -0.39 is 21.8 Å². The van der Waals surface area contributed by atoms with Gasteiger partial charge in [0, 0.05) is 12.6 Å². The SMILES string of the molecule is CC[C@H](NCc1ccccc1C(F)(F)F)c1cccc(S(N)(=O)=O)c1. The first-order valence-corrected chi connectivity index (χ1v) is 9.18. The molecule has 0 fully saturated rings. The monoisotopic (exact) mass is 372 g/mol. The molecular weight excluding hydrogens is 353 g/mol. The van der Waals surface area contributed by atoms with Crippen LogP contribution in [0.1, 0.15) is 36.1 Å². The summed E-state index contributed by atoms with van der Waals surface area (Å²) < 4.78 is 62.1. The Balaban J connectivity index is 2.23.